The van der Waals surface area contributed by atoms with Crippen LogP contribution in [0.4, 0.5) is 4.39 Å². The third-order valence-corrected chi connectivity index (χ3v) is 1.63. The zero-order valence-corrected chi connectivity index (χ0v) is 6.90. The second-order valence-corrected chi connectivity index (χ2v) is 2.74. The normalized spacial score (nSPS) is 12.5. The van der Waals surface area contributed by atoms with Crippen LogP contribution < -0.4 is 5.73 Å². The minimum Gasteiger partial charge on any atom is -0.388 e. The topological polar surface area (TPSA) is 63.3 Å². The number of aliphatic hydroxyl groups excluding tert-OH is 1. The van der Waals surface area contributed by atoms with Gasteiger partial charge in [-0.15, -0.1) is 0 Å². The number of aliphatic hydroxyl groups is 1. The van der Waals surface area contributed by atoms with Crippen molar-refractivity contribution in [2.45, 2.75) is 12.5 Å². The molecule has 0 fully saturated rings. The standard InChI is InChI=1S/C9H10FNO2/c10-7-3-1-2-6(4-7)8(12)5-9(11)13/h1-4,8,12H,5H2,(H2,11,13). The van der Waals surface area contributed by atoms with E-state index in [0.717, 1.165) is 0 Å². The second kappa shape index (κ2) is 4.00. The summed E-state index contributed by atoms with van der Waals surface area (Å²) in [5.41, 5.74) is 5.24. The van der Waals surface area contributed by atoms with Crippen LogP contribution in [0.5, 0.6) is 0 Å². The summed E-state index contributed by atoms with van der Waals surface area (Å²) in [6, 6.07) is 5.44. The summed E-state index contributed by atoms with van der Waals surface area (Å²) >= 11 is 0. The fraction of sp³-hybridized carbons (Fsp3) is 0.222. The Morgan fingerprint density at radius 3 is 2.85 bits per heavy atom. The third kappa shape index (κ3) is 2.83. The molecule has 0 bridgehead atoms. The molecule has 0 aromatic heterocycles. The maximum Gasteiger partial charge on any atom is 0.220 e. The lowest BCUT2D eigenvalue weighted by molar-refractivity contribution is -0.119. The molecule has 1 rings (SSSR count). The van der Waals surface area contributed by atoms with Gasteiger partial charge < -0.3 is 10.8 Å². The first kappa shape index (κ1) is 9.67. The van der Waals surface area contributed by atoms with Crippen LogP contribution in [0.1, 0.15) is 18.1 Å². The van der Waals surface area contributed by atoms with Gasteiger partial charge >= 0.3 is 0 Å². The summed E-state index contributed by atoms with van der Waals surface area (Å²) in [5, 5.41) is 9.35. The van der Waals surface area contributed by atoms with E-state index in [0.29, 0.717) is 5.56 Å². The number of amides is 1. The Hall–Kier alpha value is -1.42. The van der Waals surface area contributed by atoms with Crippen LogP contribution in [0, 0.1) is 5.82 Å². The first-order chi connectivity index (χ1) is 6.09. The average molecular weight is 183 g/mol. The largest absolute Gasteiger partial charge is 0.388 e. The summed E-state index contributed by atoms with van der Waals surface area (Å²) in [5.74, 6) is -1.06. The monoisotopic (exact) mass is 183 g/mol. The maximum atomic E-state index is 12.6. The van der Waals surface area contributed by atoms with E-state index < -0.39 is 17.8 Å². The highest BCUT2D eigenvalue weighted by atomic mass is 19.1. The molecule has 3 nitrogen and oxygen atoms in total. The van der Waals surface area contributed by atoms with Crippen molar-refractivity contribution in [3.63, 3.8) is 0 Å². The summed E-state index contributed by atoms with van der Waals surface area (Å²) in [6.45, 7) is 0. The quantitative estimate of drug-likeness (QED) is 0.725. The fourth-order valence-corrected chi connectivity index (χ4v) is 1.02. The molecule has 1 aromatic rings. The van der Waals surface area contributed by atoms with Crippen LogP contribution in [0.15, 0.2) is 24.3 Å². The summed E-state index contributed by atoms with van der Waals surface area (Å²) < 4.78 is 12.6. The first-order valence-corrected chi connectivity index (χ1v) is 3.81. The summed E-state index contributed by atoms with van der Waals surface area (Å²) in [7, 11) is 0. The van der Waals surface area contributed by atoms with E-state index in [2.05, 4.69) is 0 Å². The SMILES string of the molecule is NC(=O)CC(O)c1cccc(F)c1. The van der Waals surface area contributed by atoms with E-state index in [9.17, 15) is 14.3 Å². The molecule has 3 N–H and O–H groups in total. The number of hydrogen-bond donors (Lipinski definition) is 2. The molecule has 0 heterocycles. The van der Waals surface area contributed by atoms with Gasteiger partial charge in [0.15, 0.2) is 0 Å². The van der Waals surface area contributed by atoms with Crippen LogP contribution in [0.2, 0.25) is 0 Å². The van der Waals surface area contributed by atoms with Gasteiger partial charge in [-0.05, 0) is 17.7 Å². The average Bonchev–Trinajstić information content (AvgIpc) is 2.03. The molecular formula is C9H10FNO2. The molecule has 0 aliphatic carbocycles. The Morgan fingerprint density at radius 2 is 2.31 bits per heavy atom. The molecule has 0 saturated carbocycles. The molecule has 0 aliphatic heterocycles. The predicted octanol–water partition coefficient (Wildman–Crippen LogP) is 0.734. The van der Waals surface area contributed by atoms with Crippen molar-refractivity contribution in [3.8, 4) is 0 Å². The van der Waals surface area contributed by atoms with Gasteiger partial charge in [0.1, 0.15) is 5.82 Å². The molecule has 1 amide bonds. The number of benzene rings is 1. The van der Waals surface area contributed by atoms with Gasteiger partial charge in [-0.1, -0.05) is 12.1 Å². The van der Waals surface area contributed by atoms with Crippen molar-refractivity contribution in [2.24, 2.45) is 5.73 Å². The van der Waals surface area contributed by atoms with Gasteiger partial charge in [-0.3, -0.25) is 4.79 Å². The Balaban J connectivity index is 2.76. The molecule has 1 unspecified atom stereocenters. The van der Waals surface area contributed by atoms with Crippen molar-refractivity contribution in [3.05, 3.63) is 35.6 Å². The summed E-state index contributed by atoms with van der Waals surface area (Å²) in [6.07, 6.45) is -1.21. The number of rotatable bonds is 3. The first-order valence-electron chi connectivity index (χ1n) is 3.81. The summed E-state index contributed by atoms with van der Waals surface area (Å²) in [4.78, 5) is 10.4. The number of carbonyl (C=O) groups is 1. The Kier molecular flexibility index (Phi) is 2.97. The van der Waals surface area contributed by atoms with Crippen molar-refractivity contribution < 1.29 is 14.3 Å². The minimum absolute atomic E-state index is 0.191. The predicted molar refractivity (Wildman–Crippen MR) is 45.2 cm³/mol. The lowest BCUT2D eigenvalue weighted by atomic mass is 10.1. The van der Waals surface area contributed by atoms with Gasteiger partial charge in [0.25, 0.3) is 0 Å². The van der Waals surface area contributed by atoms with Gasteiger partial charge in [0, 0.05) is 0 Å². The fourth-order valence-electron chi connectivity index (χ4n) is 1.02. The van der Waals surface area contributed by atoms with E-state index >= 15 is 0 Å². The number of carbonyl (C=O) groups excluding carboxylic acids is 1. The molecule has 1 aromatic carbocycles. The van der Waals surface area contributed by atoms with Crippen LogP contribution >= 0.6 is 0 Å². The highest BCUT2D eigenvalue weighted by molar-refractivity contribution is 5.74. The molecule has 4 heteroatoms. The third-order valence-electron chi connectivity index (χ3n) is 1.63. The zero-order chi connectivity index (χ0) is 9.84. The molecule has 0 saturated heterocycles. The molecule has 70 valence electrons. The van der Waals surface area contributed by atoms with Crippen molar-refractivity contribution in [1.82, 2.24) is 0 Å². The van der Waals surface area contributed by atoms with E-state index in [1.165, 1.54) is 24.3 Å². The van der Waals surface area contributed by atoms with Gasteiger partial charge in [-0.2, -0.15) is 0 Å². The number of halogens is 1. The van der Waals surface area contributed by atoms with Crippen LogP contribution in [0.3, 0.4) is 0 Å². The smallest absolute Gasteiger partial charge is 0.220 e. The Morgan fingerprint density at radius 1 is 1.62 bits per heavy atom. The Labute approximate surface area is 75.0 Å². The van der Waals surface area contributed by atoms with Gasteiger partial charge in [0.05, 0.1) is 12.5 Å². The van der Waals surface area contributed by atoms with Crippen LogP contribution in [0.25, 0.3) is 0 Å². The zero-order valence-electron chi connectivity index (χ0n) is 6.90. The van der Waals surface area contributed by atoms with Gasteiger partial charge in [0.2, 0.25) is 5.91 Å². The minimum atomic E-state index is -1.02. The van der Waals surface area contributed by atoms with Crippen LogP contribution in [-0.4, -0.2) is 11.0 Å². The molecular weight excluding hydrogens is 173 g/mol. The van der Waals surface area contributed by atoms with E-state index in [4.69, 9.17) is 5.73 Å². The van der Waals surface area contributed by atoms with Crippen molar-refractivity contribution >= 4 is 5.91 Å². The molecule has 1 atom stereocenters. The molecule has 0 spiro atoms. The van der Waals surface area contributed by atoms with Crippen LogP contribution in [-0.2, 0) is 4.79 Å². The lowest BCUT2D eigenvalue weighted by Gasteiger charge is -2.07. The van der Waals surface area contributed by atoms with Crippen molar-refractivity contribution in [2.75, 3.05) is 0 Å². The Bertz CT molecular complexity index is 314. The molecule has 0 aliphatic rings. The second-order valence-electron chi connectivity index (χ2n) is 2.74. The van der Waals surface area contributed by atoms with Crippen molar-refractivity contribution in [1.29, 1.82) is 0 Å². The number of nitrogens with two attached hydrogens (primary N) is 1. The highest BCUT2D eigenvalue weighted by Gasteiger charge is 2.10. The van der Waals surface area contributed by atoms with Gasteiger partial charge in [-0.25, -0.2) is 4.39 Å². The molecule has 0 radical (unpaired) electrons. The lowest BCUT2D eigenvalue weighted by Crippen LogP contribution is -2.15. The highest BCUT2D eigenvalue weighted by Crippen LogP contribution is 2.16. The maximum absolute atomic E-state index is 12.6. The molecule has 13 heavy (non-hydrogen) atoms. The van der Waals surface area contributed by atoms with E-state index in [1.54, 1.807) is 0 Å². The van der Waals surface area contributed by atoms with E-state index in [-0.39, 0.29) is 6.42 Å². The number of hydrogen-bond acceptors (Lipinski definition) is 2. The number of primary amides is 1. The van der Waals surface area contributed by atoms with E-state index in [1.807, 2.05) is 0 Å².